The van der Waals surface area contributed by atoms with Gasteiger partial charge in [0.05, 0.1) is 4.92 Å². The lowest BCUT2D eigenvalue weighted by Gasteiger charge is -2.19. The van der Waals surface area contributed by atoms with Gasteiger partial charge in [0.1, 0.15) is 5.69 Å². The Morgan fingerprint density at radius 1 is 1.38 bits per heavy atom. The highest BCUT2D eigenvalue weighted by Crippen LogP contribution is 2.31. The van der Waals surface area contributed by atoms with Crippen LogP contribution in [0.25, 0.3) is 0 Å². The van der Waals surface area contributed by atoms with Crippen molar-refractivity contribution in [2.75, 3.05) is 5.43 Å². The van der Waals surface area contributed by atoms with Crippen LogP contribution in [0.2, 0.25) is 0 Å². The van der Waals surface area contributed by atoms with Gasteiger partial charge in [-0.2, -0.15) is 0 Å². The number of nitrogens with zero attached hydrogens (tertiary/aromatic N) is 1. The van der Waals surface area contributed by atoms with Gasteiger partial charge in [-0.05, 0) is 36.8 Å². The fraction of sp³-hybridized carbons (Fsp3) is 0.500. The van der Waals surface area contributed by atoms with Crippen LogP contribution in [0, 0.1) is 22.0 Å². The predicted molar refractivity (Wildman–Crippen MR) is 79.7 cm³/mol. The molecule has 4 N–H and O–H groups in total. The van der Waals surface area contributed by atoms with Gasteiger partial charge in [0.15, 0.2) is 0 Å². The molecule has 0 saturated heterocycles. The first-order valence-corrected chi connectivity index (χ1v) is 7.00. The number of carbonyl (C=O) groups excluding carboxylic acids is 1. The Kier molecular flexibility index (Phi) is 4.42. The van der Waals surface area contributed by atoms with Gasteiger partial charge in [-0.3, -0.25) is 20.8 Å². The summed E-state index contributed by atoms with van der Waals surface area (Å²) in [5, 5.41) is 13.9. The molecule has 7 heteroatoms. The highest BCUT2D eigenvalue weighted by Gasteiger charge is 2.31. The molecule has 1 aliphatic carbocycles. The molecule has 2 rings (SSSR count). The van der Waals surface area contributed by atoms with Gasteiger partial charge >= 0.3 is 0 Å². The lowest BCUT2D eigenvalue weighted by molar-refractivity contribution is -0.384. The van der Waals surface area contributed by atoms with Gasteiger partial charge in [0.2, 0.25) is 0 Å². The molecule has 3 unspecified atom stereocenters. The number of nitrogen functional groups attached to an aromatic ring is 1. The highest BCUT2D eigenvalue weighted by atomic mass is 16.6. The quantitative estimate of drug-likeness (QED) is 0.447. The number of hydrazine groups is 1. The average molecular weight is 292 g/mol. The summed E-state index contributed by atoms with van der Waals surface area (Å²) in [5.41, 5.74) is 2.50. The van der Waals surface area contributed by atoms with Crippen LogP contribution in [0.3, 0.4) is 0 Å². The van der Waals surface area contributed by atoms with Crippen molar-refractivity contribution in [3.05, 3.63) is 33.9 Å². The van der Waals surface area contributed by atoms with Crippen molar-refractivity contribution in [1.82, 2.24) is 5.32 Å². The van der Waals surface area contributed by atoms with Crippen LogP contribution >= 0.6 is 0 Å². The third-order valence-electron chi connectivity index (χ3n) is 4.39. The van der Waals surface area contributed by atoms with Crippen molar-refractivity contribution in [2.45, 2.75) is 32.7 Å². The van der Waals surface area contributed by atoms with Crippen LogP contribution in [-0.2, 0) is 0 Å². The standard InChI is InChI=1S/C14H20N4O3/c1-8-3-5-11(9(8)2)16-14(19)10-4-6-12(17-15)13(7-10)18(20)21/h4,6-9,11,17H,3,5,15H2,1-2H3,(H,16,19). The molecule has 0 spiro atoms. The fourth-order valence-corrected chi connectivity index (χ4v) is 2.77. The number of benzene rings is 1. The molecule has 0 bridgehead atoms. The van der Waals surface area contributed by atoms with E-state index in [2.05, 4.69) is 24.6 Å². The van der Waals surface area contributed by atoms with Crippen LogP contribution in [-0.4, -0.2) is 16.9 Å². The first-order chi connectivity index (χ1) is 9.93. The summed E-state index contributed by atoms with van der Waals surface area (Å²) in [6.45, 7) is 4.29. The van der Waals surface area contributed by atoms with E-state index in [1.807, 2.05) is 0 Å². The third-order valence-corrected chi connectivity index (χ3v) is 4.39. The predicted octanol–water partition coefficient (Wildman–Crippen LogP) is 2.04. The SMILES string of the molecule is CC1CCC(NC(=O)c2ccc(NN)c([N+](=O)[O-])c2)C1C. The van der Waals surface area contributed by atoms with Gasteiger partial charge in [0.25, 0.3) is 11.6 Å². The smallest absolute Gasteiger partial charge is 0.294 e. The minimum atomic E-state index is -0.563. The van der Waals surface area contributed by atoms with E-state index in [9.17, 15) is 14.9 Å². The normalized spacial score (nSPS) is 24.6. The Hall–Kier alpha value is -2.15. The molecule has 0 radical (unpaired) electrons. The van der Waals surface area contributed by atoms with E-state index in [1.54, 1.807) is 0 Å². The number of nitrogens with two attached hydrogens (primary N) is 1. The summed E-state index contributed by atoms with van der Waals surface area (Å²) in [6.07, 6.45) is 2.03. The summed E-state index contributed by atoms with van der Waals surface area (Å²) in [6, 6.07) is 4.33. The summed E-state index contributed by atoms with van der Waals surface area (Å²) in [4.78, 5) is 22.7. The maximum atomic E-state index is 12.2. The van der Waals surface area contributed by atoms with Crippen LogP contribution < -0.4 is 16.6 Å². The Labute approximate surface area is 123 Å². The number of carbonyl (C=O) groups is 1. The molecule has 114 valence electrons. The van der Waals surface area contributed by atoms with Crippen molar-refractivity contribution in [2.24, 2.45) is 17.7 Å². The minimum Gasteiger partial charge on any atom is -0.349 e. The van der Waals surface area contributed by atoms with E-state index < -0.39 is 4.92 Å². The largest absolute Gasteiger partial charge is 0.349 e. The van der Waals surface area contributed by atoms with Crippen LogP contribution in [0.4, 0.5) is 11.4 Å². The molecule has 1 aromatic rings. The van der Waals surface area contributed by atoms with Crippen molar-refractivity contribution < 1.29 is 9.72 Å². The highest BCUT2D eigenvalue weighted by molar-refractivity contribution is 5.96. The molecule has 1 saturated carbocycles. The van der Waals surface area contributed by atoms with Crippen LogP contribution in [0.5, 0.6) is 0 Å². The maximum absolute atomic E-state index is 12.2. The lowest BCUT2D eigenvalue weighted by atomic mass is 9.97. The Bertz CT molecular complexity index is 561. The van der Waals surface area contributed by atoms with Gasteiger partial charge in [-0.25, -0.2) is 0 Å². The number of hydrogen-bond acceptors (Lipinski definition) is 5. The molecule has 3 atom stereocenters. The van der Waals surface area contributed by atoms with Crippen LogP contribution in [0.1, 0.15) is 37.0 Å². The summed E-state index contributed by atoms with van der Waals surface area (Å²) < 4.78 is 0. The zero-order valence-corrected chi connectivity index (χ0v) is 12.1. The average Bonchev–Trinajstić information content (AvgIpc) is 2.78. The van der Waals surface area contributed by atoms with Gasteiger partial charge in [0, 0.05) is 17.7 Å². The third kappa shape index (κ3) is 3.13. The molecular weight excluding hydrogens is 272 g/mol. The van der Waals surface area contributed by atoms with E-state index in [0.29, 0.717) is 11.8 Å². The van der Waals surface area contributed by atoms with E-state index in [1.165, 1.54) is 18.2 Å². The van der Waals surface area contributed by atoms with Gasteiger partial charge in [-0.1, -0.05) is 13.8 Å². The molecule has 21 heavy (non-hydrogen) atoms. The van der Waals surface area contributed by atoms with Crippen LogP contribution in [0.15, 0.2) is 18.2 Å². The van der Waals surface area contributed by atoms with Crippen molar-refractivity contribution in [3.63, 3.8) is 0 Å². The molecule has 1 aromatic carbocycles. The number of anilines is 1. The second kappa shape index (κ2) is 6.09. The number of nitro benzene ring substituents is 1. The summed E-state index contributed by atoms with van der Waals surface area (Å²) in [5.74, 6) is 5.93. The number of amides is 1. The van der Waals surface area contributed by atoms with Crippen molar-refractivity contribution in [1.29, 1.82) is 0 Å². The summed E-state index contributed by atoms with van der Waals surface area (Å²) in [7, 11) is 0. The molecule has 0 aliphatic heterocycles. The van der Waals surface area contributed by atoms with Gasteiger partial charge < -0.3 is 10.7 Å². The Morgan fingerprint density at radius 2 is 2.10 bits per heavy atom. The zero-order chi connectivity index (χ0) is 15.6. The summed E-state index contributed by atoms with van der Waals surface area (Å²) >= 11 is 0. The number of hydrogen-bond donors (Lipinski definition) is 3. The zero-order valence-electron chi connectivity index (χ0n) is 12.1. The molecule has 1 amide bonds. The lowest BCUT2D eigenvalue weighted by Crippen LogP contribution is -2.37. The van der Waals surface area contributed by atoms with E-state index >= 15 is 0 Å². The van der Waals surface area contributed by atoms with E-state index in [0.717, 1.165) is 12.8 Å². The minimum absolute atomic E-state index is 0.124. The number of nitro groups is 1. The van der Waals surface area contributed by atoms with Crippen molar-refractivity contribution >= 4 is 17.3 Å². The van der Waals surface area contributed by atoms with E-state index in [4.69, 9.17) is 5.84 Å². The fourth-order valence-electron chi connectivity index (χ4n) is 2.77. The number of nitrogens with one attached hydrogen (secondary N) is 2. The molecule has 0 heterocycles. The Balaban J connectivity index is 2.16. The van der Waals surface area contributed by atoms with Gasteiger partial charge in [-0.15, -0.1) is 0 Å². The Morgan fingerprint density at radius 3 is 2.62 bits per heavy atom. The molecule has 0 aromatic heterocycles. The van der Waals surface area contributed by atoms with E-state index in [-0.39, 0.29) is 28.9 Å². The molecular formula is C14H20N4O3. The second-order valence-corrected chi connectivity index (χ2v) is 5.63. The molecule has 7 nitrogen and oxygen atoms in total. The van der Waals surface area contributed by atoms with Crippen molar-refractivity contribution in [3.8, 4) is 0 Å². The first kappa shape index (κ1) is 15.2. The topological polar surface area (TPSA) is 110 Å². The second-order valence-electron chi connectivity index (χ2n) is 5.63. The maximum Gasteiger partial charge on any atom is 0.294 e. The molecule has 1 aliphatic rings. The first-order valence-electron chi connectivity index (χ1n) is 7.00. The number of rotatable bonds is 4. The monoisotopic (exact) mass is 292 g/mol. The molecule has 1 fully saturated rings.